The zero-order valence-electron chi connectivity index (χ0n) is 9.93. The molecule has 2 nitrogen and oxygen atoms in total. The van der Waals surface area contributed by atoms with Crippen LogP contribution in [-0.2, 0) is 0 Å². The predicted molar refractivity (Wildman–Crippen MR) is 66.3 cm³/mol. The van der Waals surface area contributed by atoms with Crippen molar-refractivity contribution < 1.29 is 13.6 Å². The fourth-order valence-corrected chi connectivity index (χ4v) is 1.59. The molecule has 0 aliphatic carbocycles. The van der Waals surface area contributed by atoms with Gasteiger partial charge in [0.25, 0.3) is 5.91 Å². The molecule has 17 heavy (non-hydrogen) atoms. The van der Waals surface area contributed by atoms with Gasteiger partial charge in [0, 0.05) is 17.9 Å². The molecule has 1 aromatic carbocycles. The van der Waals surface area contributed by atoms with Gasteiger partial charge in [-0.25, -0.2) is 8.78 Å². The average molecular weight is 306 g/mol. The van der Waals surface area contributed by atoms with Crippen molar-refractivity contribution in [3.8, 4) is 0 Å². The molecule has 0 fully saturated rings. The van der Waals surface area contributed by atoms with E-state index in [1.54, 1.807) is 7.05 Å². The van der Waals surface area contributed by atoms with Crippen molar-refractivity contribution in [3.63, 3.8) is 0 Å². The number of nitrogens with zero attached hydrogens (tertiary/aromatic N) is 1. The van der Waals surface area contributed by atoms with Crippen LogP contribution in [0.1, 0.15) is 24.2 Å². The van der Waals surface area contributed by atoms with Gasteiger partial charge in [0.15, 0.2) is 11.6 Å². The number of carbonyl (C=O) groups is 1. The smallest absolute Gasteiger partial charge is 0.257 e. The van der Waals surface area contributed by atoms with Gasteiger partial charge in [0.2, 0.25) is 0 Å². The van der Waals surface area contributed by atoms with E-state index in [1.807, 2.05) is 13.8 Å². The largest absolute Gasteiger partial charge is 0.336 e. The maximum atomic E-state index is 13.5. The van der Waals surface area contributed by atoms with Crippen molar-refractivity contribution in [2.75, 3.05) is 12.4 Å². The second-order valence-electron chi connectivity index (χ2n) is 4.41. The third-order valence-electron chi connectivity index (χ3n) is 2.72. The van der Waals surface area contributed by atoms with E-state index in [-0.39, 0.29) is 5.56 Å². The Morgan fingerprint density at radius 3 is 2.53 bits per heavy atom. The second kappa shape index (κ2) is 5.12. The Bertz CT molecular complexity index is 435. The van der Waals surface area contributed by atoms with E-state index in [0.717, 1.165) is 6.07 Å². The van der Waals surface area contributed by atoms with Crippen LogP contribution in [0.2, 0.25) is 0 Å². The van der Waals surface area contributed by atoms with Crippen molar-refractivity contribution in [2.24, 2.45) is 0 Å². The number of amides is 1. The van der Waals surface area contributed by atoms with Crippen LogP contribution in [0.25, 0.3) is 0 Å². The number of hydrogen-bond donors (Lipinski definition) is 0. The lowest BCUT2D eigenvalue weighted by molar-refractivity contribution is 0.0657. The second-order valence-corrected chi connectivity index (χ2v) is 4.97. The molecule has 0 unspecified atom stereocenters. The molecule has 0 bridgehead atoms. The van der Waals surface area contributed by atoms with Crippen molar-refractivity contribution in [3.05, 3.63) is 35.4 Å². The first kappa shape index (κ1) is 14.1. The molecular weight excluding hydrogens is 292 g/mol. The summed E-state index contributed by atoms with van der Waals surface area (Å²) in [6.07, 6.45) is 0. The Balaban J connectivity index is 3.09. The van der Waals surface area contributed by atoms with Gasteiger partial charge in [-0.1, -0.05) is 22.0 Å². The number of hydrogen-bond acceptors (Lipinski definition) is 1. The van der Waals surface area contributed by atoms with Crippen LogP contribution in [0.5, 0.6) is 0 Å². The Morgan fingerprint density at radius 2 is 2.00 bits per heavy atom. The Kier molecular flexibility index (Phi) is 4.25. The van der Waals surface area contributed by atoms with Gasteiger partial charge in [0.05, 0.1) is 5.56 Å². The van der Waals surface area contributed by atoms with Gasteiger partial charge in [0.1, 0.15) is 0 Å². The maximum Gasteiger partial charge on any atom is 0.257 e. The molecule has 5 heteroatoms. The highest BCUT2D eigenvalue weighted by atomic mass is 79.9. The number of carbonyl (C=O) groups excluding carboxylic acids is 1. The lowest BCUT2D eigenvalue weighted by Gasteiger charge is -2.34. The summed E-state index contributed by atoms with van der Waals surface area (Å²) in [5.41, 5.74) is -0.725. The monoisotopic (exact) mass is 305 g/mol. The highest BCUT2D eigenvalue weighted by Crippen LogP contribution is 2.20. The van der Waals surface area contributed by atoms with Crippen LogP contribution < -0.4 is 0 Å². The molecule has 0 saturated heterocycles. The summed E-state index contributed by atoms with van der Waals surface area (Å²) in [6.45, 7) is 3.66. The molecular formula is C12H14BrF2NO. The van der Waals surface area contributed by atoms with Gasteiger partial charge in [-0.15, -0.1) is 0 Å². The molecule has 1 rings (SSSR count). The first-order chi connectivity index (χ1) is 7.81. The van der Waals surface area contributed by atoms with E-state index in [9.17, 15) is 13.6 Å². The lowest BCUT2D eigenvalue weighted by Crippen LogP contribution is -2.46. The quantitative estimate of drug-likeness (QED) is 0.785. The van der Waals surface area contributed by atoms with Crippen LogP contribution in [0, 0.1) is 11.6 Å². The van der Waals surface area contributed by atoms with Crippen molar-refractivity contribution in [1.29, 1.82) is 0 Å². The molecule has 0 aromatic heterocycles. The fraction of sp³-hybridized carbons (Fsp3) is 0.417. The van der Waals surface area contributed by atoms with E-state index in [4.69, 9.17) is 0 Å². The van der Waals surface area contributed by atoms with E-state index in [0.29, 0.717) is 5.33 Å². The molecule has 0 atom stereocenters. The molecule has 0 aliphatic heterocycles. The lowest BCUT2D eigenvalue weighted by atomic mass is 10.0. The van der Waals surface area contributed by atoms with Gasteiger partial charge >= 0.3 is 0 Å². The molecule has 0 N–H and O–H groups in total. The molecule has 94 valence electrons. The molecule has 0 aliphatic rings. The fourth-order valence-electron chi connectivity index (χ4n) is 1.21. The van der Waals surface area contributed by atoms with Gasteiger partial charge in [-0.2, -0.15) is 0 Å². The zero-order valence-corrected chi connectivity index (χ0v) is 11.5. The third-order valence-corrected chi connectivity index (χ3v) is 4.09. The third kappa shape index (κ3) is 2.83. The van der Waals surface area contributed by atoms with E-state index >= 15 is 0 Å². The first-order valence-electron chi connectivity index (χ1n) is 5.09. The number of halogens is 3. The van der Waals surface area contributed by atoms with Crippen molar-refractivity contribution >= 4 is 21.8 Å². The highest BCUT2D eigenvalue weighted by Gasteiger charge is 2.29. The molecule has 0 saturated carbocycles. The topological polar surface area (TPSA) is 20.3 Å². The van der Waals surface area contributed by atoms with Crippen LogP contribution in [0.3, 0.4) is 0 Å². The first-order valence-corrected chi connectivity index (χ1v) is 6.21. The van der Waals surface area contributed by atoms with E-state index < -0.39 is 23.1 Å². The van der Waals surface area contributed by atoms with Crippen molar-refractivity contribution in [1.82, 2.24) is 4.90 Å². The Labute approximate surface area is 108 Å². The summed E-state index contributed by atoms with van der Waals surface area (Å²) in [4.78, 5) is 13.4. The molecule has 0 heterocycles. The Morgan fingerprint density at radius 1 is 1.41 bits per heavy atom. The number of rotatable bonds is 3. The predicted octanol–water partition coefficient (Wildman–Crippen LogP) is 3.21. The normalized spacial score (nSPS) is 11.4. The van der Waals surface area contributed by atoms with Gasteiger partial charge in [-0.05, 0) is 26.0 Å². The SMILES string of the molecule is CN(C(=O)c1cccc(F)c1F)C(C)(C)CBr. The van der Waals surface area contributed by atoms with Crippen LogP contribution in [0.4, 0.5) is 8.78 Å². The summed E-state index contributed by atoms with van der Waals surface area (Å²) in [5, 5.41) is 0.541. The van der Waals surface area contributed by atoms with Crippen LogP contribution >= 0.6 is 15.9 Å². The minimum Gasteiger partial charge on any atom is -0.336 e. The van der Waals surface area contributed by atoms with Crippen LogP contribution in [-0.4, -0.2) is 28.7 Å². The summed E-state index contributed by atoms with van der Waals surface area (Å²) in [6, 6.07) is 3.59. The van der Waals surface area contributed by atoms with Gasteiger partial charge in [-0.3, -0.25) is 4.79 Å². The van der Waals surface area contributed by atoms with Crippen LogP contribution in [0.15, 0.2) is 18.2 Å². The summed E-state index contributed by atoms with van der Waals surface area (Å²) in [5.74, 6) is -2.65. The Hall–Kier alpha value is -0.970. The van der Waals surface area contributed by atoms with E-state index in [1.165, 1.54) is 17.0 Å². The number of alkyl halides is 1. The zero-order chi connectivity index (χ0) is 13.2. The maximum absolute atomic E-state index is 13.5. The minimum absolute atomic E-state index is 0.249. The average Bonchev–Trinajstić information content (AvgIpc) is 2.30. The standard InChI is InChI=1S/C12H14BrF2NO/c1-12(2,7-13)16(3)11(17)8-5-4-6-9(14)10(8)15/h4-6H,7H2,1-3H3. The highest BCUT2D eigenvalue weighted by molar-refractivity contribution is 9.09. The van der Waals surface area contributed by atoms with Crippen molar-refractivity contribution in [2.45, 2.75) is 19.4 Å². The summed E-state index contributed by atoms with van der Waals surface area (Å²) >= 11 is 3.28. The molecule has 0 radical (unpaired) electrons. The molecule has 1 amide bonds. The van der Waals surface area contributed by atoms with Gasteiger partial charge < -0.3 is 4.90 Å². The number of benzene rings is 1. The summed E-state index contributed by atoms with van der Waals surface area (Å²) in [7, 11) is 1.56. The molecule has 0 spiro atoms. The minimum atomic E-state index is -1.10. The summed E-state index contributed by atoms with van der Waals surface area (Å²) < 4.78 is 26.5. The van der Waals surface area contributed by atoms with E-state index in [2.05, 4.69) is 15.9 Å². The molecule has 1 aromatic rings.